The van der Waals surface area contributed by atoms with Crippen molar-refractivity contribution in [1.82, 2.24) is 15.2 Å². The molecule has 1 aliphatic heterocycles. The first-order chi connectivity index (χ1) is 5.83. The highest BCUT2D eigenvalue weighted by molar-refractivity contribution is 6.14. The van der Waals surface area contributed by atoms with Gasteiger partial charge in [0.2, 0.25) is 11.6 Å². The van der Waals surface area contributed by atoms with Crippen LogP contribution in [0.4, 0.5) is 0 Å². The largest absolute Gasteiger partial charge is 0.401 e. The maximum Gasteiger partial charge on any atom is 0.368 e. The summed E-state index contributed by atoms with van der Waals surface area (Å²) in [7, 11) is 1.51. The lowest BCUT2D eigenvalue weighted by Crippen LogP contribution is -2.00. The highest BCUT2D eigenvalue weighted by atomic mass is 16.5. The van der Waals surface area contributed by atoms with E-state index in [1.165, 1.54) is 13.4 Å². The Bertz CT molecular complexity index is 374. The molecule has 0 radical (unpaired) electrons. The first-order valence-corrected chi connectivity index (χ1v) is 3.20. The lowest BCUT2D eigenvalue weighted by atomic mass is 10.3. The highest BCUT2D eigenvalue weighted by Gasteiger charge is 2.30. The molecule has 2 heterocycles. The van der Waals surface area contributed by atoms with E-state index < -0.39 is 5.97 Å². The number of hydrogen-bond donors (Lipinski definition) is 0. The van der Waals surface area contributed by atoms with Crippen LogP contribution in [0.1, 0.15) is 16.2 Å². The fraction of sp³-hybridized carbons (Fsp3) is 0.167. The zero-order valence-electron chi connectivity index (χ0n) is 6.18. The Balaban J connectivity index is 2.65. The third-order valence-corrected chi connectivity index (χ3v) is 1.41. The van der Waals surface area contributed by atoms with E-state index in [1.807, 2.05) is 0 Å². The van der Waals surface area contributed by atoms with Crippen molar-refractivity contribution >= 4 is 11.9 Å². The van der Waals surface area contributed by atoms with Crippen LogP contribution in [0.25, 0.3) is 0 Å². The van der Waals surface area contributed by atoms with Crippen molar-refractivity contribution in [2.24, 2.45) is 4.99 Å². The van der Waals surface area contributed by atoms with Crippen molar-refractivity contribution in [2.75, 3.05) is 7.05 Å². The number of carbonyl (C=O) groups excluding carboxylic acids is 1. The molecule has 6 heteroatoms. The summed E-state index contributed by atoms with van der Waals surface area (Å²) in [5.41, 5.74) is 0.482. The van der Waals surface area contributed by atoms with E-state index in [-0.39, 0.29) is 11.6 Å². The van der Waals surface area contributed by atoms with Gasteiger partial charge in [-0.25, -0.2) is 9.78 Å². The first kappa shape index (κ1) is 6.84. The van der Waals surface area contributed by atoms with E-state index in [4.69, 9.17) is 4.74 Å². The van der Waals surface area contributed by atoms with Crippen LogP contribution in [0.5, 0.6) is 0 Å². The molecule has 0 unspecified atom stereocenters. The Kier molecular flexibility index (Phi) is 1.33. The summed E-state index contributed by atoms with van der Waals surface area (Å²) in [5, 5.41) is 7.03. The summed E-state index contributed by atoms with van der Waals surface area (Å²) >= 11 is 0. The van der Waals surface area contributed by atoms with E-state index in [9.17, 15) is 4.79 Å². The molecule has 0 spiro atoms. The minimum absolute atomic E-state index is 0.123. The van der Waals surface area contributed by atoms with Crippen molar-refractivity contribution in [1.29, 1.82) is 0 Å². The van der Waals surface area contributed by atoms with Gasteiger partial charge < -0.3 is 4.74 Å². The quantitative estimate of drug-likeness (QED) is 0.479. The number of hydrogen-bond acceptors (Lipinski definition) is 6. The third-order valence-electron chi connectivity index (χ3n) is 1.41. The van der Waals surface area contributed by atoms with Gasteiger partial charge in [-0.2, -0.15) is 0 Å². The number of fused-ring (bicyclic) bond motifs is 1. The maximum absolute atomic E-state index is 11.0. The molecule has 1 aromatic heterocycles. The number of ether oxygens (including phenoxy) is 1. The molecule has 0 aliphatic carbocycles. The molecule has 0 saturated heterocycles. The topological polar surface area (TPSA) is 77.3 Å². The third kappa shape index (κ3) is 0.777. The van der Waals surface area contributed by atoms with Gasteiger partial charge in [0.25, 0.3) is 0 Å². The molecule has 0 N–H and O–H groups in total. The molecule has 60 valence electrons. The van der Waals surface area contributed by atoms with Crippen LogP contribution in [0, 0.1) is 0 Å². The van der Waals surface area contributed by atoms with Crippen LogP contribution in [0.2, 0.25) is 0 Å². The van der Waals surface area contributed by atoms with Crippen molar-refractivity contribution < 1.29 is 9.53 Å². The van der Waals surface area contributed by atoms with Gasteiger partial charge in [-0.15, -0.1) is 10.2 Å². The fourth-order valence-corrected chi connectivity index (χ4v) is 0.906. The molecular weight excluding hydrogens is 160 g/mol. The summed E-state index contributed by atoms with van der Waals surface area (Å²) in [6.45, 7) is 0. The lowest BCUT2D eigenvalue weighted by Gasteiger charge is -1.89. The SMILES string of the molecule is C/N=C1\OC(=O)c2nncnc21. The van der Waals surface area contributed by atoms with Gasteiger partial charge in [0.1, 0.15) is 6.33 Å². The molecule has 0 amide bonds. The van der Waals surface area contributed by atoms with Crippen molar-refractivity contribution in [3.8, 4) is 0 Å². The second-order valence-electron chi connectivity index (χ2n) is 2.08. The number of cyclic esters (lactones) is 1. The smallest absolute Gasteiger partial charge is 0.368 e. The van der Waals surface area contributed by atoms with Crippen LogP contribution in [0.15, 0.2) is 11.3 Å². The number of carbonyl (C=O) groups is 1. The fourth-order valence-electron chi connectivity index (χ4n) is 0.906. The van der Waals surface area contributed by atoms with E-state index in [0.29, 0.717) is 5.69 Å². The standard InChI is InChI=1S/C6H4N4O2/c1-7-5-3-4(6(11)12-5)10-9-2-8-3/h2H,1H3/b7-5-. The van der Waals surface area contributed by atoms with Gasteiger partial charge in [-0.3, -0.25) is 4.99 Å². The first-order valence-electron chi connectivity index (χ1n) is 3.20. The van der Waals surface area contributed by atoms with E-state index in [2.05, 4.69) is 20.2 Å². The average Bonchev–Trinajstić information content (AvgIpc) is 2.44. The number of aromatic nitrogens is 3. The van der Waals surface area contributed by atoms with E-state index in [0.717, 1.165) is 0 Å². The molecule has 0 fully saturated rings. The second kappa shape index (κ2) is 2.33. The molecule has 2 rings (SSSR count). The van der Waals surface area contributed by atoms with Crippen molar-refractivity contribution in [2.45, 2.75) is 0 Å². The van der Waals surface area contributed by atoms with Crippen LogP contribution < -0.4 is 0 Å². The minimum atomic E-state index is -0.550. The molecule has 0 saturated carbocycles. The molecule has 1 aliphatic rings. The average molecular weight is 164 g/mol. The van der Waals surface area contributed by atoms with Gasteiger partial charge >= 0.3 is 5.97 Å². The van der Waals surface area contributed by atoms with E-state index in [1.54, 1.807) is 0 Å². The van der Waals surface area contributed by atoms with Gasteiger partial charge in [-0.1, -0.05) is 0 Å². The van der Waals surface area contributed by atoms with E-state index >= 15 is 0 Å². The van der Waals surface area contributed by atoms with Crippen LogP contribution in [-0.2, 0) is 4.74 Å². The molecular formula is C6H4N4O2. The van der Waals surface area contributed by atoms with Gasteiger partial charge in [0.05, 0.1) is 0 Å². The summed E-state index contributed by atoms with van der Waals surface area (Å²) in [6, 6.07) is 0. The number of nitrogens with zero attached hydrogens (tertiary/aromatic N) is 4. The highest BCUT2D eigenvalue weighted by Crippen LogP contribution is 2.13. The van der Waals surface area contributed by atoms with Gasteiger partial charge in [0, 0.05) is 7.05 Å². The Labute approximate surface area is 67.3 Å². The second-order valence-corrected chi connectivity index (χ2v) is 2.08. The van der Waals surface area contributed by atoms with Crippen LogP contribution >= 0.6 is 0 Å². The van der Waals surface area contributed by atoms with Gasteiger partial charge in [0.15, 0.2) is 5.69 Å². The van der Waals surface area contributed by atoms with Crippen molar-refractivity contribution in [3.05, 3.63) is 17.7 Å². The molecule has 0 bridgehead atoms. The monoisotopic (exact) mass is 164 g/mol. The summed E-state index contributed by atoms with van der Waals surface area (Å²) in [4.78, 5) is 18.5. The van der Waals surface area contributed by atoms with Crippen LogP contribution in [-0.4, -0.2) is 34.1 Å². The molecule has 0 atom stereocenters. The Morgan fingerprint density at radius 1 is 1.50 bits per heavy atom. The predicted octanol–water partition coefficient (Wildman–Crippen LogP) is -0.582. The Morgan fingerprint density at radius 3 is 3.08 bits per heavy atom. The Hall–Kier alpha value is -1.85. The summed E-state index contributed by atoms with van der Waals surface area (Å²) < 4.78 is 4.73. The minimum Gasteiger partial charge on any atom is -0.401 e. The molecule has 0 aromatic carbocycles. The zero-order valence-corrected chi connectivity index (χ0v) is 6.18. The maximum atomic E-state index is 11.0. The van der Waals surface area contributed by atoms with Crippen molar-refractivity contribution in [3.63, 3.8) is 0 Å². The normalized spacial score (nSPS) is 17.8. The number of rotatable bonds is 0. The summed E-state index contributed by atoms with van der Waals surface area (Å²) in [6.07, 6.45) is 1.24. The predicted molar refractivity (Wildman–Crippen MR) is 37.7 cm³/mol. The zero-order chi connectivity index (χ0) is 8.55. The van der Waals surface area contributed by atoms with Gasteiger partial charge in [-0.05, 0) is 0 Å². The lowest BCUT2D eigenvalue weighted by molar-refractivity contribution is 0.0730. The van der Waals surface area contributed by atoms with Crippen LogP contribution in [0.3, 0.4) is 0 Å². The molecule has 6 nitrogen and oxygen atoms in total. The number of aliphatic imine (C=N–C) groups is 1. The molecule has 12 heavy (non-hydrogen) atoms. The summed E-state index contributed by atoms with van der Waals surface area (Å²) in [5.74, 6) is -0.351. The number of esters is 1. The Morgan fingerprint density at radius 2 is 2.33 bits per heavy atom. The molecule has 1 aromatic rings.